The van der Waals surface area contributed by atoms with Gasteiger partial charge in [-0.2, -0.15) is 11.8 Å². The summed E-state index contributed by atoms with van der Waals surface area (Å²) >= 11 is 2.03. The Labute approximate surface area is 121 Å². The van der Waals surface area contributed by atoms with E-state index in [9.17, 15) is 4.79 Å². The number of hydrogen-bond donors (Lipinski definition) is 1. The van der Waals surface area contributed by atoms with Crippen LogP contribution in [-0.4, -0.2) is 48.5 Å². The minimum atomic E-state index is 0.379. The van der Waals surface area contributed by atoms with E-state index >= 15 is 0 Å². The van der Waals surface area contributed by atoms with Crippen molar-refractivity contribution < 1.29 is 4.79 Å². The number of carbonyl (C=O) groups excluding carboxylic acids is 1. The van der Waals surface area contributed by atoms with Crippen molar-refractivity contribution in [3.63, 3.8) is 0 Å². The molecule has 0 bridgehead atoms. The minimum Gasteiger partial charge on any atom is -0.343 e. The Balaban J connectivity index is 1.75. The molecule has 2 aliphatic rings. The van der Waals surface area contributed by atoms with Gasteiger partial charge >= 0.3 is 0 Å². The van der Waals surface area contributed by atoms with Gasteiger partial charge in [-0.1, -0.05) is 0 Å². The van der Waals surface area contributed by atoms with Crippen molar-refractivity contribution in [2.45, 2.75) is 57.0 Å². The second-order valence-corrected chi connectivity index (χ2v) is 7.28. The van der Waals surface area contributed by atoms with Crippen LogP contribution in [0, 0.1) is 5.92 Å². The third-order valence-electron chi connectivity index (χ3n) is 4.85. The van der Waals surface area contributed by atoms with Gasteiger partial charge in [0.1, 0.15) is 0 Å². The van der Waals surface area contributed by atoms with Gasteiger partial charge in [0, 0.05) is 25.6 Å². The molecule has 1 aliphatic heterocycles. The maximum Gasteiger partial charge on any atom is 0.222 e. The molecule has 0 aromatic heterocycles. The number of thioether (sulfide) groups is 1. The summed E-state index contributed by atoms with van der Waals surface area (Å²) in [5.74, 6) is 3.51. The Kier molecular flexibility index (Phi) is 6.02. The van der Waals surface area contributed by atoms with E-state index in [4.69, 9.17) is 0 Å². The molecule has 0 aromatic rings. The molecule has 1 saturated carbocycles. The molecule has 19 heavy (non-hydrogen) atoms. The predicted molar refractivity (Wildman–Crippen MR) is 82.5 cm³/mol. The van der Waals surface area contributed by atoms with E-state index in [1.165, 1.54) is 37.2 Å². The zero-order valence-corrected chi connectivity index (χ0v) is 13.2. The highest BCUT2D eigenvalue weighted by molar-refractivity contribution is 7.99. The van der Waals surface area contributed by atoms with Crippen LogP contribution >= 0.6 is 11.8 Å². The number of carbonyl (C=O) groups is 1. The molecule has 1 heterocycles. The summed E-state index contributed by atoms with van der Waals surface area (Å²) in [5.41, 5.74) is 0. The molecular formula is C15H28N2OS. The number of nitrogens with zero attached hydrogens (tertiary/aromatic N) is 1. The first-order chi connectivity index (χ1) is 9.20. The highest BCUT2D eigenvalue weighted by Gasteiger charge is 2.27. The summed E-state index contributed by atoms with van der Waals surface area (Å²) < 4.78 is 0. The lowest BCUT2D eigenvalue weighted by atomic mass is 9.89. The molecule has 0 unspecified atom stereocenters. The Bertz CT molecular complexity index is 284. The van der Waals surface area contributed by atoms with Gasteiger partial charge in [-0.15, -0.1) is 0 Å². The molecule has 0 radical (unpaired) electrons. The second-order valence-electron chi connectivity index (χ2n) is 6.06. The zero-order valence-electron chi connectivity index (χ0n) is 12.4. The average Bonchev–Trinajstić information content (AvgIpc) is 2.47. The fraction of sp³-hybridized carbons (Fsp3) is 0.933. The van der Waals surface area contributed by atoms with E-state index in [1.54, 1.807) is 0 Å². The van der Waals surface area contributed by atoms with Crippen LogP contribution in [0.3, 0.4) is 0 Å². The maximum absolute atomic E-state index is 12.4. The van der Waals surface area contributed by atoms with Crippen LogP contribution < -0.4 is 5.32 Å². The van der Waals surface area contributed by atoms with Crippen molar-refractivity contribution >= 4 is 17.7 Å². The van der Waals surface area contributed by atoms with Crippen LogP contribution in [0.15, 0.2) is 0 Å². The van der Waals surface area contributed by atoms with Crippen LogP contribution in [0.5, 0.6) is 0 Å². The van der Waals surface area contributed by atoms with Gasteiger partial charge < -0.3 is 10.2 Å². The highest BCUT2D eigenvalue weighted by atomic mass is 32.2. The minimum absolute atomic E-state index is 0.379. The van der Waals surface area contributed by atoms with Gasteiger partial charge in [0.2, 0.25) is 5.91 Å². The molecule has 1 aliphatic carbocycles. The molecule has 2 rings (SSSR count). The SMILES string of the molecule is CNC1CCC(N(C)C(=O)CC2CCSCC2)CC1. The van der Waals surface area contributed by atoms with E-state index in [0.29, 0.717) is 23.9 Å². The summed E-state index contributed by atoms with van der Waals surface area (Å²) in [6.07, 6.45) is 7.98. The molecule has 4 heteroatoms. The first-order valence-electron chi connectivity index (χ1n) is 7.71. The molecule has 1 saturated heterocycles. The topological polar surface area (TPSA) is 32.3 Å². The van der Waals surface area contributed by atoms with Crippen molar-refractivity contribution in [3.8, 4) is 0 Å². The smallest absolute Gasteiger partial charge is 0.222 e. The van der Waals surface area contributed by atoms with Gasteiger partial charge in [0.15, 0.2) is 0 Å². The monoisotopic (exact) mass is 284 g/mol. The van der Waals surface area contributed by atoms with Gasteiger partial charge in [-0.05, 0) is 63.0 Å². The predicted octanol–water partition coefficient (Wildman–Crippen LogP) is 2.51. The largest absolute Gasteiger partial charge is 0.343 e. The van der Waals surface area contributed by atoms with Gasteiger partial charge in [-0.25, -0.2) is 0 Å². The van der Waals surface area contributed by atoms with Crippen LogP contribution in [-0.2, 0) is 4.79 Å². The van der Waals surface area contributed by atoms with E-state index in [1.807, 2.05) is 30.8 Å². The Morgan fingerprint density at radius 1 is 1.16 bits per heavy atom. The number of hydrogen-bond acceptors (Lipinski definition) is 3. The first kappa shape index (κ1) is 15.2. The Morgan fingerprint density at radius 2 is 1.79 bits per heavy atom. The first-order valence-corrected chi connectivity index (χ1v) is 8.87. The molecular weight excluding hydrogens is 256 g/mol. The Morgan fingerprint density at radius 3 is 2.37 bits per heavy atom. The molecule has 0 aromatic carbocycles. The fourth-order valence-corrected chi connectivity index (χ4v) is 4.50. The lowest BCUT2D eigenvalue weighted by Gasteiger charge is -2.35. The lowest BCUT2D eigenvalue weighted by molar-refractivity contribution is -0.133. The number of amides is 1. The van der Waals surface area contributed by atoms with Crippen LogP contribution in [0.1, 0.15) is 44.9 Å². The van der Waals surface area contributed by atoms with Crippen molar-refractivity contribution in [3.05, 3.63) is 0 Å². The molecule has 1 N–H and O–H groups in total. The summed E-state index contributed by atoms with van der Waals surface area (Å²) in [6, 6.07) is 1.14. The van der Waals surface area contributed by atoms with Gasteiger partial charge in [0.25, 0.3) is 0 Å². The van der Waals surface area contributed by atoms with Crippen LogP contribution in [0.2, 0.25) is 0 Å². The van der Waals surface area contributed by atoms with Gasteiger partial charge in [-0.3, -0.25) is 4.79 Å². The number of rotatable bonds is 4. The summed E-state index contributed by atoms with van der Waals surface area (Å²) in [7, 11) is 4.06. The van der Waals surface area contributed by atoms with E-state index in [0.717, 1.165) is 19.3 Å². The molecule has 1 amide bonds. The summed E-state index contributed by atoms with van der Waals surface area (Å²) in [6.45, 7) is 0. The normalized spacial score (nSPS) is 29.2. The molecule has 2 fully saturated rings. The van der Waals surface area contributed by atoms with Crippen molar-refractivity contribution in [1.29, 1.82) is 0 Å². The molecule has 0 spiro atoms. The van der Waals surface area contributed by atoms with Crippen LogP contribution in [0.25, 0.3) is 0 Å². The third-order valence-corrected chi connectivity index (χ3v) is 5.90. The standard InChI is InChI=1S/C15H28N2OS/c1-16-13-3-5-14(6-4-13)17(2)15(18)11-12-7-9-19-10-8-12/h12-14,16H,3-11H2,1-2H3. The van der Waals surface area contributed by atoms with E-state index < -0.39 is 0 Å². The summed E-state index contributed by atoms with van der Waals surface area (Å²) in [5, 5.41) is 3.35. The van der Waals surface area contributed by atoms with Crippen LogP contribution in [0.4, 0.5) is 0 Å². The molecule has 3 nitrogen and oxygen atoms in total. The van der Waals surface area contributed by atoms with E-state index in [2.05, 4.69) is 5.32 Å². The maximum atomic E-state index is 12.4. The van der Waals surface area contributed by atoms with Crippen molar-refractivity contribution in [1.82, 2.24) is 10.2 Å². The van der Waals surface area contributed by atoms with Crippen molar-refractivity contribution in [2.24, 2.45) is 5.92 Å². The van der Waals surface area contributed by atoms with E-state index in [-0.39, 0.29) is 0 Å². The second kappa shape index (κ2) is 7.53. The highest BCUT2D eigenvalue weighted by Crippen LogP contribution is 2.27. The fourth-order valence-electron chi connectivity index (χ4n) is 3.30. The Hall–Kier alpha value is -0.220. The average molecular weight is 284 g/mol. The summed E-state index contributed by atoms with van der Waals surface area (Å²) in [4.78, 5) is 14.4. The number of nitrogens with one attached hydrogen (secondary N) is 1. The quantitative estimate of drug-likeness (QED) is 0.861. The molecule has 0 atom stereocenters. The molecule has 110 valence electrons. The lowest BCUT2D eigenvalue weighted by Crippen LogP contribution is -2.43. The van der Waals surface area contributed by atoms with Crippen molar-refractivity contribution in [2.75, 3.05) is 25.6 Å². The third kappa shape index (κ3) is 4.38. The van der Waals surface area contributed by atoms with Gasteiger partial charge in [0.05, 0.1) is 0 Å². The zero-order chi connectivity index (χ0) is 13.7.